The van der Waals surface area contributed by atoms with Crippen molar-refractivity contribution in [2.45, 2.75) is 84.7 Å². The standard InChI is InChI=1S/C30H40O3/c1-30(2,3)26-13-17-28(18-14-26)33-27-15-11-23(12-16-27)24-6-4-5-21(19-24)7-8-22-9-10-25(20-22)29(31)32/h4-6,11-12,15-16,19,22,25-26,28H,7-10,13-14,17-18,20H2,1-3H3,(H,31,32). The van der Waals surface area contributed by atoms with Crippen molar-refractivity contribution in [2.24, 2.45) is 23.2 Å². The highest BCUT2D eigenvalue weighted by molar-refractivity contribution is 5.70. The van der Waals surface area contributed by atoms with Gasteiger partial charge in [0.05, 0.1) is 12.0 Å². The summed E-state index contributed by atoms with van der Waals surface area (Å²) in [6.07, 6.45) is 10.00. The zero-order chi connectivity index (χ0) is 23.4. The van der Waals surface area contributed by atoms with Crippen LogP contribution < -0.4 is 4.74 Å². The van der Waals surface area contributed by atoms with Crippen molar-refractivity contribution in [3.05, 3.63) is 54.1 Å². The smallest absolute Gasteiger partial charge is 0.306 e. The Kier molecular flexibility index (Phi) is 7.46. The zero-order valence-electron chi connectivity index (χ0n) is 20.6. The summed E-state index contributed by atoms with van der Waals surface area (Å²) in [7, 11) is 0. The SMILES string of the molecule is CC(C)(C)C1CCC(Oc2ccc(-c3cccc(CCC4CCC(C(=O)O)C4)c3)cc2)CC1. The first-order valence-electron chi connectivity index (χ1n) is 12.9. The first-order valence-corrected chi connectivity index (χ1v) is 12.9. The number of carbonyl (C=O) groups is 1. The number of benzene rings is 2. The van der Waals surface area contributed by atoms with E-state index < -0.39 is 5.97 Å². The number of aliphatic carboxylic acids is 1. The molecule has 2 aliphatic rings. The molecule has 2 atom stereocenters. The summed E-state index contributed by atoms with van der Waals surface area (Å²) >= 11 is 0. The van der Waals surface area contributed by atoms with Gasteiger partial charge in [-0.15, -0.1) is 0 Å². The molecule has 1 N–H and O–H groups in total. The number of hydrogen-bond donors (Lipinski definition) is 1. The maximum Gasteiger partial charge on any atom is 0.306 e. The molecule has 0 spiro atoms. The lowest BCUT2D eigenvalue weighted by Crippen LogP contribution is -2.30. The molecule has 0 aliphatic heterocycles. The Bertz CT molecular complexity index is 916. The quantitative estimate of drug-likeness (QED) is 0.470. The number of carboxylic acids is 1. The van der Waals surface area contributed by atoms with Gasteiger partial charge in [0.1, 0.15) is 5.75 Å². The van der Waals surface area contributed by atoms with Gasteiger partial charge in [-0.2, -0.15) is 0 Å². The Morgan fingerprint density at radius 1 is 0.939 bits per heavy atom. The van der Waals surface area contributed by atoms with Crippen molar-refractivity contribution >= 4 is 5.97 Å². The first-order chi connectivity index (χ1) is 15.8. The summed E-state index contributed by atoms with van der Waals surface area (Å²) in [4.78, 5) is 11.2. The normalized spacial score (nSPS) is 25.7. The molecule has 33 heavy (non-hydrogen) atoms. The highest BCUT2D eigenvalue weighted by atomic mass is 16.5. The molecule has 0 heterocycles. The third-order valence-electron chi connectivity index (χ3n) is 8.05. The summed E-state index contributed by atoms with van der Waals surface area (Å²) in [5.41, 5.74) is 4.19. The lowest BCUT2D eigenvalue weighted by molar-refractivity contribution is -0.141. The molecule has 0 saturated heterocycles. The van der Waals surface area contributed by atoms with E-state index in [4.69, 9.17) is 4.74 Å². The number of rotatable bonds is 7. The maximum atomic E-state index is 11.2. The average molecular weight is 449 g/mol. The van der Waals surface area contributed by atoms with E-state index in [0.717, 1.165) is 56.6 Å². The van der Waals surface area contributed by atoms with Crippen LogP contribution in [0.4, 0.5) is 0 Å². The average Bonchev–Trinajstić information content (AvgIpc) is 3.28. The van der Waals surface area contributed by atoms with Crippen molar-refractivity contribution < 1.29 is 14.6 Å². The number of carboxylic acid groups (broad SMARTS) is 1. The topological polar surface area (TPSA) is 46.5 Å². The maximum absolute atomic E-state index is 11.2. The third kappa shape index (κ3) is 6.40. The second kappa shape index (κ2) is 10.3. The van der Waals surface area contributed by atoms with Crippen LogP contribution in [0, 0.1) is 23.2 Å². The fourth-order valence-electron chi connectivity index (χ4n) is 5.80. The van der Waals surface area contributed by atoms with Crippen LogP contribution in [0.15, 0.2) is 48.5 Å². The van der Waals surface area contributed by atoms with Gasteiger partial charge in [-0.3, -0.25) is 4.79 Å². The van der Waals surface area contributed by atoms with Crippen LogP contribution in [-0.4, -0.2) is 17.2 Å². The van der Waals surface area contributed by atoms with E-state index in [1.807, 2.05) is 0 Å². The van der Waals surface area contributed by atoms with Crippen molar-refractivity contribution in [1.82, 2.24) is 0 Å². The second-order valence-corrected chi connectivity index (χ2v) is 11.4. The van der Waals surface area contributed by atoms with Crippen LogP contribution in [0.25, 0.3) is 11.1 Å². The highest BCUT2D eigenvalue weighted by Crippen LogP contribution is 2.39. The van der Waals surface area contributed by atoms with Crippen LogP contribution in [0.1, 0.15) is 77.7 Å². The summed E-state index contributed by atoms with van der Waals surface area (Å²) in [6, 6.07) is 17.4. The Hall–Kier alpha value is -2.29. The molecule has 0 bridgehead atoms. The van der Waals surface area contributed by atoms with E-state index in [1.54, 1.807) is 0 Å². The monoisotopic (exact) mass is 448 g/mol. The van der Waals surface area contributed by atoms with Crippen molar-refractivity contribution in [1.29, 1.82) is 0 Å². The minimum atomic E-state index is -0.621. The van der Waals surface area contributed by atoms with Gasteiger partial charge in [0.25, 0.3) is 0 Å². The van der Waals surface area contributed by atoms with Crippen LogP contribution >= 0.6 is 0 Å². The van der Waals surface area contributed by atoms with Crippen molar-refractivity contribution in [3.63, 3.8) is 0 Å². The first kappa shape index (κ1) is 23.9. The van der Waals surface area contributed by atoms with E-state index in [1.165, 1.54) is 29.5 Å². The van der Waals surface area contributed by atoms with Gasteiger partial charge in [-0.05, 0) is 104 Å². The largest absolute Gasteiger partial charge is 0.490 e. The molecule has 2 aliphatic carbocycles. The molecule has 2 unspecified atom stereocenters. The summed E-state index contributed by atoms with van der Waals surface area (Å²) in [5.74, 6) is 1.58. The molecule has 4 rings (SSSR count). The van der Waals surface area contributed by atoms with Crippen LogP contribution in [0.2, 0.25) is 0 Å². The van der Waals surface area contributed by atoms with Gasteiger partial charge in [-0.1, -0.05) is 57.2 Å². The molecular formula is C30H40O3. The molecule has 3 heteroatoms. The Morgan fingerprint density at radius 3 is 2.30 bits per heavy atom. The zero-order valence-corrected chi connectivity index (χ0v) is 20.6. The molecule has 2 aromatic rings. The van der Waals surface area contributed by atoms with Gasteiger partial charge in [0.2, 0.25) is 0 Å². The molecule has 0 radical (unpaired) electrons. The number of ether oxygens (including phenoxy) is 1. The Morgan fingerprint density at radius 2 is 1.67 bits per heavy atom. The highest BCUT2D eigenvalue weighted by Gasteiger charge is 2.31. The molecule has 2 aromatic carbocycles. The van der Waals surface area contributed by atoms with Crippen LogP contribution in [0.3, 0.4) is 0 Å². The van der Waals surface area contributed by atoms with Gasteiger partial charge in [0, 0.05) is 0 Å². The predicted molar refractivity (Wildman–Crippen MR) is 134 cm³/mol. The van der Waals surface area contributed by atoms with Gasteiger partial charge in [0.15, 0.2) is 0 Å². The van der Waals surface area contributed by atoms with E-state index >= 15 is 0 Å². The van der Waals surface area contributed by atoms with Gasteiger partial charge in [-0.25, -0.2) is 0 Å². The Labute approximate surface area is 199 Å². The van der Waals surface area contributed by atoms with E-state index in [0.29, 0.717) is 17.4 Å². The molecular weight excluding hydrogens is 408 g/mol. The molecule has 2 saturated carbocycles. The van der Waals surface area contributed by atoms with E-state index in [-0.39, 0.29) is 5.92 Å². The summed E-state index contributed by atoms with van der Waals surface area (Å²) in [5, 5.41) is 9.22. The number of aryl methyl sites for hydroxylation is 1. The second-order valence-electron chi connectivity index (χ2n) is 11.4. The number of hydrogen-bond acceptors (Lipinski definition) is 2. The fourth-order valence-corrected chi connectivity index (χ4v) is 5.80. The Balaban J connectivity index is 1.30. The predicted octanol–water partition coefficient (Wildman–Crippen LogP) is 7.77. The summed E-state index contributed by atoms with van der Waals surface area (Å²) < 4.78 is 6.31. The van der Waals surface area contributed by atoms with Gasteiger partial charge >= 0.3 is 5.97 Å². The molecule has 178 valence electrons. The minimum Gasteiger partial charge on any atom is -0.490 e. The summed E-state index contributed by atoms with van der Waals surface area (Å²) in [6.45, 7) is 7.07. The van der Waals surface area contributed by atoms with Crippen LogP contribution in [-0.2, 0) is 11.2 Å². The fraction of sp³-hybridized carbons (Fsp3) is 0.567. The molecule has 0 amide bonds. The van der Waals surface area contributed by atoms with E-state index in [2.05, 4.69) is 69.3 Å². The minimum absolute atomic E-state index is 0.129. The third-order valence-corrected chi connectivity index (χ3v) is 8.05. The van der Waals surface area contributed by atoms with Gasteiger partial charge < -0.3 is 9.84 Å². The van der Waals surface area contributed by atoms with Crippen LogP contribution in [0.5, 0.6) is 5.75 Å². The van der Waals surface area contributed by atoms with Crippen molar-refractivity contribution in [2.75, 3.05) is 0 Å². The van der Waals surface area contributed by atoms with E-state index in [9.17, 15) is 9.90 Å². The molecule has 0 aromatic heterocycles. The lowest BCUT2D eigenvalue weighted by atomic mass is 9.72. The molecule has 2 fully saturated rings. The lowest BCUT2D eigenvalue weighted by Gasteiger charge is -2.36. The molecule has 3 nitrogen and oxygen atoms in total. The van der Waals surface area contributed by atoms with Crippen molar-refractivity contribution in [3.8, 4) is 16.9 Å².